The second kappa shape index (κ2) is 7.33. The molecule has 7 heteroatoms. The summed E-state index contributed by atoms with van der Waals surface area (Å²) in [7, 11) is 0. The van der Waals surface area contributed by atoms with Gasteiger partial charge in [-0.1, -0.05) is 12.1 Å². The van der Waals surface area contributed by atoms with Gasteiger partial charge in [-0.05, 0) is 36.8 Å². The van der Waals surface area contributed by atoms with Crippen LogP contribution < -0.4 is 10.1 Å². The minimum Gasteiger partial charge on any atom is -0.435 e. The van der Waals surface area contributed by atoms with E-state index in [0.29, 0.717) is 10.4 Å². The van der Waals surface area contributed by atoms with Crippen LogP contribution in [0.3, 0.4) is 0 Å². The van der Waals surface area contributed by atoms with Crippen molar-refractivity contribution in [2.45, 2.75) is 19.6 Å². The van der Waals surface area contributed by atoms with Crippen LogP contribution >= 0.6 is 11.3 Å². The van der Waals surface area contributed by atoms with E-state index in [2.05, 4.69) is 10.1 Å². The second-order valence-corrected chi connectivity index (χ2v) is 5.88. The highest BCUT2D eigenvalue weighted by Gasteiger charge is 2.13. The van der Waals surface area contributed by atoms with E-state index in [-0.39, 0.29) is 18.2 Å². The molecule has 0 saturated heterocycles. The maximum atomic E-state index is 12.2. The highest BCUT2D eigenvalue weighted by molar-refractivity contribution is 7.13. The zero-order chi connectivity index (χ0) is 16.1. The number of rotatable bonds is 6. The molecule has 1 heterocycles. The van der Waals surface area contributed by atoms with Crippen molar-refractivity contribution in [2.24, 2.45) is 0 Å². The molecule has 22 heavy (non-hydrogen) atoms. The molecule has 2 N–H and O–H groups in total. The number of thiophene rings is 1. The molecule has 0 aliphatic carbocycles. The Kier molecular flexibility index (Phi) is 5.46. The first-order chi connectivity index (χ1) is 10.5. The molecule has 0 fully saturated rings. The van der Waals surface area contributed by atoms with Gasteiger partial charge in [0.05, 0.1) is 11.0 Å². The van der Waals surface area contributed by atoms with E-state index < -0.39 is 12.7 Å². The molecule has 2 rings (SSSR count). The number of amides is 1. The van der Waals surface area contributed by atoms with Crippen LogP contribution in [0, 0.1) is 6.92 Å². The standard InChI is InChI=1S/C15H15F2NO3S/c1-9-5-6-13(22-9)14(20)18-8-12(19)10-3-2-4-11(7-10)21-15(16)17/h2-7,12,15,19H,8H2,1H3,(H,18,20). The van der Waals surface area contributed by atoms with Gasteiger partial charge in [0.15, 0.2) is 0 Å². The minimum absolute atomic E-state index is 0.0199. The first-order valence-electron chi connectivity index (χ1n) is 6.53. The van der Waals surface area contributed by atoms with Gasteiger partial charge in [-0.25, -0.2) is 0 Å². The Morgan fingerprint density at radius 3 is 2.77 bits per heavy atom. The molecule has 1 atom stereocenters. The summed E-state index contributed by atoms with van der Waals surface area (Å²) in [5, 5.41) is 12.6. The molecular formula is C15H15F2NO3S. The first-order valence-corrected chi connectivity index (χ1v) is 7.35. The summed E-state index contributed by atoms with van der Waals surface area (Å²) < 4.78 is 28.6. The van der Waals surface area contributed by atoms with Gasteiger partial charge in [0, 0.05) is 11.4 Å². The number of alkyl halides is 2. The highest BCUT2D eigenvalue weighted by atomic mass is 32.1. The van der Waals surface area contributed by atoms with Gasteiger partial charge >= 0.3 is 6.61 Å². The molecule has 0 radical (unpaired) electrons. The first kappa shape index (κ1) is 16.4. The maximum absolute atomic E-state index is 12.2. The SMILES string of the molecule is Cc1ccc(C(=O)NCC(O)c2cccc(OC(F)F)c2)s1. The van der Waals surface area contributed by atoms with Crippen molar-refractivity contribution >= 4 is 17.2 Å². The van der Waals surface area contributed by atoms with Crippen LogP contribution in [0.2, 0.25) is 0 Å². The number of benzene rings is 1. The molecule has 1 amide bonds. The van der Waals surface area contributed by atoms with Crippen LogP contribution in [0.5, 0.6) is 5.75 Å². The average molecular weight is 327 g/mol. The van der Waals surface area contributed by atoms with Crippen molar-refractivity contribution in [3.63, 3.8) is 0 Å². The van der Waals surface area contributed by atoms with Gasteiger partial charge < -0.3 is 15.2 Å². The van der Waals surface area contributed by atoms with Gasteiger partial charge in [-0.15, -0.1) is 11.3 Å². The number of halogens is 2. The normalized spacial score (nSPS) is 12.2. The molecular weight excluding hydrogens is 312 g/mol. The lowest BCUT2D eigenvalue weighted by Gasteiger charge is -2.13. The van der Waals surface area contributed by atoms with E-state index in [4.69, 9.17) is 0 Å². The number of carbonyl (C=O) groups excluding carboxylic acids is 1. The Balaban J connectivity index is 1.94. The molecule has 1 aromatic heterocycles. The van der Waals surface area contributed by atoms with Crippen LogP contribution in [0.25, 0.3) is 0 Å². The average Bonchev–Trinajstić information content (AvgIpc) is 2.90. The van der Waals surface area contributed by atoms with Crippen LogP contribution in [0.15, 0.2) is 36.4 Å². The Bertz CT molecular complexity index is 645. The number of aliphatic hydroxyl groups excluding tert-OH is 1. The number of ether oxygens (including phenoxy) is 1. The lowest BCUT2D eigenvalue weighted by atomic mass is 10.1. The fourth-order valence-electron chi connectivity index (χ4n) is 1.85. The lowest BCUT2D eigenvalue weighted by Crippen LogP contribution is -2.27. The smallest absolute Gasteiger partial charge is 0.387 e. The lowest BCUT2D eigenvalue weighted by molar-refractivity contribution is -0.0499. The molecule has 0 spiro atoms. The molecule has 1 unspecified atom stereocenters. The third kappa shape index (κ3) is 4.51. The fourth-order valence-corrected chi connectivity index (χ4v) is 2.63. The molecule has 0 saturated carbocycles. The van der Waals surface area contributed by atoms with Crippen LogP contribution in [0.4, 0.5) is 8.78 Å². The van der Waals surface area contributed by atoms with Gasteiger partial charge in [-0.2, -0.15) is 8.78 Å². The number of aliphatic hydroxyl groups is 1. The predicted octanol–water partition coefficient (Wildman–Crippen LogP) is 3.12. The third-order valence-electron chi connectivity index (χ3n) is 2.89. The van der Waals surface area contributed by atoms with Crippen molar-refractivity contribution in [2.75, 3.05) is 6.54 Å². The minimum atomic E-state index is -2.92. The number of nitrogens with one attached hydrogen (secondary N) is 1. The second-order valence-electron chi connectivity index (χ2n) is 4.59. The summed E-state index contributed by atoms with van der Waals surface area (Å²) in [4.78, 5) is 13.4. The Morgan fingerprint density at radius 2 is 2.14 bits per heavy atom. The summed E-state index contributed by atoms with van der Waals surface area (Å²) in [6.45, 7) is -1.05. The van der Waals surface area contributed by atoms with E-state index in [1.165, 1.54) is 29.5 Å². The Hall–Kier alpha value is -1.99. The Labute approximate surface area is 130 Å². The maximum Gasteiger partial charge on any atom is 0.387 e. The van der Waals surface area contributed by atoms with Gasteiger partial charge in [0.1, 0.15) is 5.75 Å². The van der Waals surface area contributed by atoms with E-state index in [1.54, 1.807) is 12.1 Å². The topological polar surface area (TPSA) is 58.6 Å². The number of carbonyl (C=O) groups is 1. The van der Waals surface area contributed by atoms with Gasteiger partial charge in [-0.3, -0.25) is 4.79 Å². The van der Waals surface area contributed by atoms with Crippen LogP contribution in [0.1, 0.15) is 26.2 Å². The monoisotopic (exact) mass is 327 g/mol. The molecule has 2 aromatic rings. The van der Waals surface area contributed by atoms with Crippen LogP contribution in [-0.2, 0) is 0 Å². The molecule has 0 aliphatic heterocycles. The number of aryl methyl sites for hydroxylation is 1. The highest BCUT2D eigenvalue weighted by Crippen LogP contribution is 2.21. The van der Waals surface area contributed by atoms with Crippen molar-refractivity contribution in [3.05, 3.63) is 51.7 Å². The molecule has 118 valence electrons. The van der Waals surface area contributed by atoms with Crippen molar-refractivity contribution < 1.29 is 23.4 Å². The molecule has 0 bridgehead atoms. The van der Waals surface area contributed by atoms with Crippen molar-refractivity contribution in [3.8, 4) is 5.75 Å². The summed E-state index contributed by atoms with van der Waals surface area (Å²) in [5.74, 6) is -0.316. The molecule has 0 aliphatic rings. The van der Waals surface area contributed by atoms with Gasteiger partial charge in [0.25, 0.3) is 5.91 Å². The largest absolute Gasteiger partial charge is 0.435 e. The van der Waals surface area contributed by atoms with Gasteiger partial charge in [0.2, 0.25) is 0 Å². The zero-order valence-corrected chi connectivity index (χ0v) is 12.6. The molecule has 4 nitrogen and oxygen atoms in total. The summed E-state index contributed by atoms with van der Waals surface area (Å²) in [6.07, 6.45) is -1.01. The van der Waals surface area contributed by atoms with E-state index in [1.807, 2.05) is 13.0 Å². The summed E-state index contributed by atoms with van der Waals surface area (Å²) >= 11 is 1.36. The third-order valence-corrected chi connectivity index (χ3v) is 3.89. The predicted molar refractivity (Wildman–Crippen MR) is 79.4 cm³/mol. The van der Waals surface area contributed by atoms with E-state index >= 15 is 0 Å². The summed E-state index contributed by atoms with van der Waals surface area (Å²) in [6, 6.07) is 9.30. The molecule has 1 aromatic carbocycles. The van der Waals surface area contributed by atoms with E-state index in [0.717, 1.165) is 4.88 Å². The summed E-state index contributed by atoms with van der Waals surface area (Å²) in [5.41, 5.74) is 0.390. The van der Waals surface area contributed by atoms with Crippen molar-refractivity contribution in [1.29, 1.82) is 0 Å². The fraction of sp³-hybridized carbons (Fsp3) is 0.267. The van der Waals surface area contributed by atoms with Crippen molar-refractivity contribution in [1.82, 2.24) is 5.32 Å². The van der Waals surface area contributed by atoms with E-state index in [9.17, 15) is 18.7 Å². The number of hydrogen-bond donors (Lipinski definition) is 2. The Morgan fingerprint density at radius 1 is 1.36 bits per heavy atom. The van der Waals surface area contributed by atoms with Crippen LogP contribution in [-0.4, -0.2) is 24.2 Å². The quantitative estimate of drug-likeness (QED) is 0.857. The zero-order valence-electron chi connectivity index (χ0n) is 11.8. The number of hydrogen-bond acceptors (Lipinski definition) is 4.